The predicted molar refractivity (Wildman–Crippen MR) is 225 cm³/mol. The van der Waals surface area contributed by atoms with E-state index < -0.39 is 0 Å². The standard InChI is InChI=1S/C50H50N4O2/c55-49-47(43-27-25-41(39-21-9-5-10-22-39)37-45(43)53(49)35-19-3-1-13-29-51-31-15-7-16-32-51)48-44-28-26-42(40-23-11-6-12-24-40)38-46(44)54(50(48)56)36-20-4-2-14-30-52-33-17-8-18-34-52/h5-12,15-18,21-28,31-34,37-38H,1-4,13-14,19-20,29-30,35-36H2/q+2/b48-47+. The number of carbonyl (C=O) groups is 2. The van der Waals surface area contributed by atoms with Crippen LogP contribution >= 0.6 is 0 Å². The van der Waals surface area contributed by atoms with Gasteiger partial charge in [-0.25, -0.2) is 9.13 Å². The third kappa shape index (κ3) is 8.11. The molecule has 2 aliphatic rings. The maximum atomic E-state index is 14.8. The van der Waals surface area contributed by atoms with Crippen LogP contribution in [0.2, 0.25) is 0 Å². The van der Waals surface area contributed by atoms with Crippen molar-refractivity contribution < 1.29 is 18.7 Å². The SMILES string of the molecule is O=C1/C(=C2/C(=O)N(CCCCCC[n+]3ccccc3)c3cc(-c4ccccc4)ccc32)c2ccc(-c3ccccc3)cc2N1CCCCCC[n+]1ccccc1. The van der Waals surface area contributed by atoms with E-state index in [4.69, 9.17) is 0 Å². The summed E-state index contributed by atoms with van der Waals surface area (Å²) in [5.41, 5.74) is 8.86. The Labute approximate surface area is 331 Å². The maximum absolute atomic E-state index is 14.8. The van der Waals surface area contributed by atoms with Crippen LogP contribution in [0.3, 0.4) is 0 Å². The van der Waals surface area contributed by atoms with E-state index in [0.717, 1.165) is 109 Å². The topological polar surface area (TPSA) is 48.4 Å². The second-order valence-corrected chi connectivity index (χ2v) is 14.9. The fourth-order valence-electron chi connectivity index (χ4n) is 8.20. The number of aromatic nitrogens is 2. The highest BCUT2D eigenvalue weighted by Crippen LogP contribution is 2.48. The first-order valence-corrected chi connectivity index (χ1v) is 20.3. The summed E-state index contributed by atoms with van der Waals surface area (Å²) in [6.45, 7) is 3.19. The lowest BCUT2D eigenvalue weighted by Gasteiger charge is -2.18. The Balaban J connectivity index is 1.08. The van der Waals surface area contributed by atoms with Crippen molar-refractivity contribution in [3.8, 4) is 22.3 Å². The molecule has 8 rings (SSSR count). The Morgan fingerprint density at radius 2 is 0.750 bits per heavy atom. The van der Waals surface area contributed by atoms with Crippen molar-refractivity contribution in [2.75, 3.05) is 22.9 Å². The largest absolute Gasteiger partial charge is 0.308 e. The number of carbonyl (C=O) groups excluding carboxylic acids is 2. The molecule has 0 unspecified atom stereocenters. The van der Waals surface area contributed by atoms with Gasteiger partial charge >= 0.3 is 0 Å². The van der Waals surface area contributed by atoms with Crippen LogP contribution in [0.15, 0.2) is 158 Å². The molecule has 0 atom stereocenters. The van der Waals surface area contributed by atoms with E-state index in [0.29, 0.717) is 24.2 Å². The minimum Gasteiger partial charge on any atom is -0.308 e. The Morgan fingerprint density at radius 1 is 0.375 bits per heavy atom. The fourth-order valence-corrected chi connectivity index (χ4v) is 8.20. The van der Waals surface area contributed by atoms with Crippen LogP contribution in [-0.2, 0) is 22.7 Å². The normalized spacial score (nSPS) is 14.7. The van der Waals surface area contributed by atoms with E-state index in [2.05, 4.69) is 119 Å². The molecule has 56 heavy (non-hydrogen) atoms. The average molecular weight is 739 g/mol. The van der Waals surface area contributed by atoms with Crippen molar-refractivity contribution in [3.63, 3.8) is 0 Å². The molecule has 6 aromatic rings. The molecule has 2 aromatic heterocycles. The van der Waals surface area contributed by atoms with Gasteiger partial charge in [0.25, 0.3) is 11.8 Å². The Morgan fingerprint density at radius 3 is 1.16 bits per heavy atom. The number of anilines is 2. The monoisotopic (exact) mass is 738 g/mol. The summed E-state index contributed by atoms with van der Waals surface area (Å²) in [5, 5.41) is 0. The van der Waals surface area contributed by atoms with E-state index in [9.17, 15) is 9.59 Å². The predicted octanol–water partition coefficient (Wildman–Crippen LogP) is 9.72. The van der Waals surface area contributed by atoms with E-state index in [1.54, 1.807) is 0 Å². The van der Waals surface area contributed by atoms with Gasteiger partial charge in [-0.2, -0.15) is 0 Å². The van der Waals surface area contributed by atoms with Gasteiger partial charge in [-0.1, -0.05) is 110 Å². The molecule has 4 heterocycles. The number of rotatable bonds is 16. The summed E-state index contributed by atoms with van der Waals surface area (Å²) in [7, 11) is 0. The van der Waals surface area contributed by atoms with E-state index >= 15 is 0 Å². The minimum atomic E-state index is -0.0771. The fraction of sp³-hybridized carbons (Fsp3) is 0.240. The lowest BCUT2D eigenvalue weighted by atomic mass is 9.93. The van der Waals surface area contributed by atoms with Crippen molar-refractivity contribution in [1.29, 1.82) is 0 Å². The number of aryl methyl sites for hydroxylation is 2. The first kappa shape index (κ1) is 36.8. The number of hydrogen-bond donors (Lipinski definition) is 0. The van der Waals surface area contributed by atoms with Crippen LogP contribution in [-0.4, -0.2) is 24.9 Å². The Hall–Kier alpha value is -6.14. The molecule has 0 saturated carbocycles. The number of unbranched alkanes of at least 4 members (excludes halogenated alkanes) is 6. The number of pyridine rings is 2. The van der Waals surface area contributed by atoms with Gasteiger partial charge in [0.1, 0.15) is 13.1 Å². The molecule has 0 fully saturated rings. The highest BCUT2D eigenvalue weighted by Gasteiger charge is 2.42. The molecular weight excluding hydrogens is 689 g/mol. The van der Waals surface area contributed by atoms with Crippen LogP contribution in [0.1, 0.15) is 62.5 Å². The van der Waals surface area contributed by atoms with Gasteiger partial charge in [0, 0.05) is 61.3 Å². The molecule has 2 aliphatic heterocycles. The summed E-state index contributed by atoms with van der Waals surface area (Å²) in [5.74, 6) is -0.154. The van der Waals surface area contributed by atoms with Crippen LogP contribution in [0, 0.1) is 0 Å². The Kier molecular flexibility index (Phi) is 11.5. The second-order valence-electron chi connectivity index (χ2n) is 14.9. The lowest BCUT2D eigenvalue weighted by molar-refractivity contribution is -0.697. The van der Waals surface area contributed by atoms with Gasteiger partial charge in [0.2, 0.25) is 0 Å². The number of amides is 2. The summed E-state index contributed by atoms with van der Waals surface area (Å²) in [6.07, 6.45) is 16.6. The van der Waals surface area contributed by atoms with Gasteiger partial charge in [-0.15, -0.1) is 0 Å². The molecule has 0 saturated heterocycles. The van der Waals surface area contributed by atoms with Crippen molar-refractivity contribution in [2.24, 2.45) is 0 Å². The smallest absolute Gasteiger partial charge is 0.259 e. The van der Waals surface area contributed by atoms with Crippen molar-refractivity contribution in [3.05, 3.63) is 169 Å². The van der Waals surface area contributed by atoms with Crippen LogP contribution < -0.4 is 18.9 Å². The minimum absolute atomic E-state index is 0.0771. The van der Waals surface area contributed by atoms with Crippen LogP contribution in [0.5, 0.6) is 0 Å². The van der Waals surface area contributed by atoms with E-state index in [1.807, 2.05) is 58.3 Å². The van der Waals surface area contributed by atoms with Gasteiger partial charge in [-0.05, 0) is 60.1 Å². The van der Waals surface area contributed by atoms with Gasteiger partial charge in [0.05, 0.1) is 22.5 Å². The summed E-state index contributed by atoms with van der Waals surface area (Å²) < 4.78 is 4.44. The van der Waals surface area contributed by atoms with Crippen LogP contribution in [0.4, 0.5) is 11.4 Å². The molecule has 0 bridgehead atoms. The first-order chi connectivity index (χ1) is 27.7. The molecule has 6 nitrogen and oxygen atoms in total. The third-order valence-electron chi connectivity index (χ3n) is 11.1. The number of hydrogen-bond acceptors (Lipinski definition) is 2. The zero-order valence-corrected chi connectivity index (χ0v) is 32.1. The van der Waals surface area contributed by atoms with Gasteiger partial charge < -0.3 is 9.80 Å². The van der Waals surface area contributed by atoms with Gasteiger partial charge in [-0.3, -0.25) is 9.59 Å². The van der Waals surface area contributed by atoms with E-state index in [-0.39, 0.29) is 11.8 Å². The molecule has 2 amide bonds. The molecule has 280 valence electrons. The van der Waals surface area contributed by atoms with Crippen LogP contribution in [0.25, 0.3) is 33.4 Å². The first-order valence-electron chi connectivity index (χ1n) is 20.3. The van der Waals surface area contributed by atoms with Gasteiger partial charge in [0.15, 0.2) is 24.8 Å². The third-order valence-corrected chi connectivity index (χ3v) is 11.1. The molecule has 0 radical (unpaired) electrons. The average Bonchev–Trinajstić information content (AvgIpc) is 3.68. The highest BCUT2D eigenvalue weighted by atomic mass is 16.2. The molecule has 0 N–H and O–H groups in total. The maximum Gasteiger partial charge on any atom is 0.259 e. The second kappa shape index (κ2) is 17.5. The summed E-state index contributed by atoms with van der Waals surface area (Å²) in [6, 6.07) is 45.6. The number of benzene rings is 4. The lowest BCUT2D eigenvalue weighted by Crippen LogP contribution is -2.32. The molecule has 6 heteroatoms. The molecular formula is C50H50N4O2+2. The molecule has 4 aromatic carbocycles. The van der Waals surface area contributed by atoms with E-state index in [1.165, 1.54) is 0 Å². The number of nitrogens with zero attached hydrogens (tertiary/aromatic N) is 4. The van der Waals surface area contributed by atoms with Crippen molar-refractivity contribution >= 4 is 34.3 Å². The Bertz CT molecular complexity index is 2140. The van der Waals surface area contributed by atoms with Crippen molar-refractivity contribution in [2.45, 2.75) is 64.5 Å². The zero-order valence-electron chi connectivity index (χ0n) is 32.1. The molecule has 0 aliphatic carbocycles. The zero-order chi connectivity index (χ0) is 38.1. The molecule has 0 spiro atoms. The highest BCUT2D eigenvalue weighted by molar-refractivity contribution is 6.50. The van der Waals surface area contributed by atoms with Crippen molar-refractivity contribution in [1.82, 2.24) is 0 Å². The number of fused-ring (bicyclic) bond motifs is 2. The summed E-state index contributed by atoms with van der Waals surface area (Å²) >= 11 is 0. The summed E-state index contributed by atoms with van der Waals surface area (Å²) in [4.78, 5) is 33.5. The quantitative estimate of drug-likeness (QED) is 0.0564.